The number of aromatic amines is 1. The minimum absolute atomic E-state index is 0.369. The number of aromatic nitrogens is 2. The molecule has 1 amide bonds. The van der Waals surface area contributed by atoms with E-state index in [2.05, 4.69) is 37.9 Å². The normalized spacial score (nSPS) is 11.2. The Morgan fingerprint density at radius 2 is 2.05 bits per heavy atom. The molecule has 1 heterocycles. The van der Waals surface area contributed by atoms with Gasteiger partial charge in [0.25, 0.3) is 0 Å². The maximum Gasteiger partial charge on any atom is 0.414 e. The third-order valence-electron chi connectivity index (χ3n) is 2.36. The molecule has 0 atom stereocenters. The van der Waals surface area contributed by atoms with Gasteiger partial charge in [0, 0.05) is 9.13 Å². The summed E-state index contributed by atoms with van der Waals surface area (Å²) in [4.78, 5) is 18.8. The van der Waals surface area contributed by atoms with Crippen LogP contribution in [0, 0.1) is 3.57 Å². The van der Waals surface area contributed by atoms with Crippen molar-refractivity contribution >= 4 is 34.6 Å². The zero-order valence-electron chi connectivity index (χ0n) is 11.5. The van der Waals surface area contributed by atoms with E-state index in [4.69, 9.17) is 4.74 Å². The molecule has 1 aromatic carbocycles. The van der Waals surface area contributed by atoms with Crippen LogP contribution in [-0.2, 0) is 4.74 Å². The van der Waals surface area contributed by atoms with Crippen LogP contribution in [-0.4, -0.2) is 21.7 Å². The fourth-order valence-electron chi connectivity index (χ4n) is 1.60. The summed E-state index contributed by atoms with van der Waals surface area (Å²) in [5, 5.41) is 2.58. The molecule has 2 N–H and O–H groups in total. The maximum atomic E-state index is 11.6. The molecule has 6 heteroatoms. The largest absolute Gasteiger partial charge is 0.444 e. The quantitative estimate of drug-likeness (QED) is 0.768. The monoisotopic (exact) mass is 385 g/mol. The first kappa shape index (κ1) is 14.8. The second kappa shape index (κ2) is 5.82. The summed E-state index contributed by atoms with van der Waals surface area (Å²) in [6, 6.07) is 7.94. The topological polar surface area (TPSA) is 67.0 Å². The lowest BCUT2D eigenvalue weighted by atomic mass is 10.2. The van der Waals surface area contributed by atoms with E-state index in [-0.39, 0.29) is 0 Å². The van der Waals surface area contributed by atoms with Crippen molar-refractivity contribution in [2.24, 2.45) is 0 Å². The number of carbonyl (C=O) groups is 1. The third kappa shape index (κ3) is 3.96. The predicted octanol–water partition coefficient (Wildman–Crippen LogP) is 4.03. The summed E-state index contributed by atoms with van der Waals surface area (Å²) < 4.78 is 6.28. The highest BCUT2D eigenvalue weighted by Crippen LogP contribution is 2.24. The highest BCUT2D eigenvalue weighted by atomic mass is 127. The zero-order chi connectivity index (χ0) is 14.8. The van der Waals surface area contributed by atoms with Crippen molar-refractivity contribution in [1.29, 1.82) is 0 Å². The smallest absolute Gasteiger partial charge is 0.414 e. The molecular weight excluding hydrogens is 369 g/mol. The molecule has 20 heavy (non-hydrogen) atoms. The summed E-state index contributed by atoms with van der Waals surface area (Å²) >= 11 is 2.26. The van der Waals surface area contributed by atoms with Gasteiger partial charge >= 0.3 is 6.09 Å². The van der Waals surface area contributed by atoms with Gasteiger partial charge in [0.2, 0.25) is 5.95 Å². The van der Waals surface area contributed by atoms with E-state index in [1.165, 1.54) is 0 Å². The van der Waals surface area contributed by atoms with Crippen molar-refractivity contribution in [3.05, 3.63) is 34.0 Å². The number of anilines is 1. The number of benzene rings is 1. The molecule has 0 saturated carbocycles. The molecule has 2 rings (SSSR count). The molecule has 1 aromatic heterocycles. The Labute approximate surface area is 131 Å². The first-order valence-electron chi connectivity index (χ1n) is 6.15. The highest BCUT2D eigenvalue weighted by Gasteiger charge is 2.17. The molecule has 0 fully saturated rings. The van der Waals surface area contributed by atoms with Crippen molar-refractivity contribution in [3.63, 3.8) is 0 Å². The van der Waals surface area contributed by atoms with Crippen LogP contribution in [0.15, 0.2) is 30.5 Å². The lowest BCUT2D eigenvalue weighted by Crippen LogP contribution is -2.27. The molecule has 2 aromatic rings. The van der Waals surface area contributed by atoms with Crippen LogP contribution in [0.25, 0.3) is 11.3 Å². The van der Waals surface area contributed by atoms with Gasteiger partial charge in [0.05, 0.1) is 11.9 Å². The van der Waals surface area contributed by atoms with Gasteiger partial charge in [-0.15, -0.1) is 0 Å². The number of imidazole rings is 1. The molecule has 0 spiro atoms. The number of nitrogens with zero attached hydrogens (tertiary/aromatic N) is 1. The number of carbonyl (C=O) groups excluding carboxylic acids is 1. The standard InChI is InChI=1S/C14H16IN3O2/c1-14(2,3)20-13(19)18-12-16-8-11(17-12)9-6-4-5-7-10(9)15/h4-8H,1-3H3,(H2,16,17,18,19). The molecule has 106 valence electrons. The van der Waals surface area contributed by atoms with Crippen LogP contribution < -0.4 is 5.32 Å². The summed E-state index contributed by atoms with van der Waals surface area (Å²) in [5.41, 5.74) is 1.35. The fraction of sp³-hybridized carbons (Fsp3) is 0.286. The van der Waals surface area contributed by atoms with Gasteiger partial charge in [-0.25, -0.2) is 9.78 Å². The Hall–Kier alpha value is -1.57. The Bertz CT molecular complexity index is 617. The molecule has 0 aliphatic carbocycles. The van der Waals surface area contributed by atoms with E-state index in [0.717, 1.165) is 14.8 Å². The van der Waals surface area contributed by atoms with Gasteiger partial charge in [-0.2, -0.15) is 0 Å². The number of halogens is 1. The third-order valence-corrected chi connectivity index (χ3v) is 3.30. The highest BCUT2D eigenvalue weighted by molar-refractivity contribution is 14.1. The fourth-order valence-corrected chi connectivity index (χ4v) is 2.28. The zero-order valence-corrected chi connectivity index (χ0v) is 13.7. The van der Waals surface area contributed by atoms with Crippen LogP contribution >= 0.6 is 22.6 Å². The van der Waals surface area contributed by atoms with E-state index in [1.807, 2.05) is 45.0 Å². The maximum absolute atomic E-state index is 11.6. The Kier molecular flexibility index (Phi) is 4.32. The first-order chi connectivity index (χ1) is 9.35. The summed E-state index contributed by atoms with van der Waals surface area (Å²) in [6.45, 7) is 5.44. The van der Waals surface area contributed by atoms with Crippen molar-refractivity contribution in [2.45, 2.75) is 26.4 Å². The number of amides is 1. The molecule has 0 bridgehead atoms. The molecule has 0 aliphatic rings. The number of nitrogens with one attached hydrogen (secondary N) is 2. The molecule has 5 nitrogen and oxygen atoms in total. The minimum atomic E-state index is -0.533. The van der Waals surface area contributed by atoms with Crippen molar-refractivity contribution in [2.75, 3.05) is 5.32 Å². The number of hydrogen-bond acceptors (Lipinski definition) is 3. The lowest BCUT2D eigenvalue weighted by molar-refractivity contribution is 0.0635. The van der Waals surface area contributed by atoms with Crippen LogP contribution in [0.1, 0.15) is 20.8 Å². The van der Waals surface area contributed by atoms with Gasteiger partial charge in [-0.1, -0.05) is 18.2 Å². The van der Waals surface area contributed by atoms with Crippen molar-refractivity contribution in [1.82, 2.24) is 9.97 Å². The number of hydrogen-bond donors (Lipinski definition) is 2. The van der Waals surface area contributed by atoms with Crippen molar-refractivity contribution in [3.8, 4) is 11.3 Å². The van der Waals surface area contributed by atoms with E-state index in [9.17, 15) is 4.79 Å². The van der Waals surface area contributed by atoms with Crippen molar-refractivity contribution < 1.29 is 9.53 Å². The second-order valence-corrected chi connectivity index (χ2v) is 6.41. The Morgan fingerprint density at radius 3 is 2.70 bits per heavy atom. The Balaban J connectivity index is 2.10. The molecule has 0 radical (unpaired) electrons. The van der Waals surface area contributed by atoms with Gasteiger partial charge in [-0.3, -0.25) is 5.32 Å². The van der Waals surface area contributed by atoms with E-state index in [1.54, 1.807) is 6.20 Å². The predicted molar refractivity (Wildman–Crippen MR) is 86.6 cm³/mol. The van der Waals surface area contributed by atoms with Gasteiger partial charge in [-0.05, 0) is 49.4 Å². The molecular formula is C14H16IN3O2. The minimum Gasteiger partial charge on any atom is -0.444 e. The SMILES string of the molecule is CC(C)(C)OC(=O)Nc1ncc(-c2ccccc2I)[nH]1. The number of ether oxygens (including phenoxy) is 1. The average Bonchev–Trinajstić information content (AvgIpc) is 2.75. The van der Waals surface area contributed by atoms with E-state index < -0.39 is 11.7 Å². The van der Waals surface area contributed by atoms with E-state index in [0.29, 0.717) is 5.95 Å². The van der Waals surface area contributed by atoms with Crippen LogP contribution in [0.2, 0.25) is 0 Å². The van der Waals surface area contributed by atoms with Gasteiger partial charge < -0.3 is 9.72 Å². The van der Waals surface area contributed by atoms with Crippen LogP contribution in [0.5, 0.6) is 0 Å². The van der Waals surface area contributed by atoms with Crippen LogP contribution in [0.3, 0.4) is 0 Å². The van der Waals surface area contributed by atoms with Crippen LogP contribution in [0.4, 0.5) is 10.7 Å². The van der Waals surface area contributed by atoms with Gasteiger partial charge in [0.15, 0.2) is 0 Å². The Morgan fingerprint density at radius 1 is 1.35 bits per heavy atom. The second-order valence-electron chi connectivity index (χ2n) is 5.25. The first-order valence-corrected chi connectivity index (χ1v) is 7.23. The lowest BCUT2D eigenvalue weighted by Gasteiger charge is -2.18. The van der Waals surface area contributed by atoms with Gasteiger partial charge in [0.1, 0.15) is 5.60 Å². The number of rotatable bonds is 2. The summed E-state index contributed by atoms with van der Waals surface area (Å²) in [5.74, 6) is 0.369. The molecule has 0 aliphatic heterocycles. The average molecular weight is 385 g/mol. The number of H-pyrrole nitrogens is 1. The molecule has 0 unspecified atom stereocenters. The molecule has 0 saturated heterocycles. The summed E-state index contributed by atoms with van der Waals surface area (Å²) in [7, 11) is 0. The van der Waals surface area contributed by atoms with E-state index >= 15 is 0 Å². The summed E-state index contributed by atoms with van der Waals surface area (Å²) in [6.07, 6.45) is 1.16.